The molecule has 2 heterocycles. The van der Waals surface area contributed by atoms with Crippen LogP contribution in [0.1, 0.15) is 22.4 Å². The van der Waals surface area contributed by atoms with Gasteiger partial charge < -0.3 is 0 Å². The summed E-state index contributed by atoms with van der Waals surface area (Å²) in [5, 5.41) is 11.8. The Kier molecular flexibility index (Phi) is 3.98. The molecule has 1 N–H and O–H groups in total. The number of thioether (sulfide) groups is 1. The van der Waals surface area contributed by atoms with Crippen LogP contribution < -0.4 is 5.56 Å². The molecule has 22 heavy (non-hydrogen) atoms. The molecule has 0 saturated carbocycles. The number of nitrogens with zero attached hydrogens (tertiary/aromatic N) is 3. The molecule has 0 radical (unpaired) electrons. The van der Waals surface area contributed by atoms with E-state index in [-0.39, 0.29) is 5.56 Å². The van der Waals surface area contributed by atoms with Gasteiger partial charge in [0.2, 0.25) is 0 Å². The zero-order valence-electron chi connectivity index (χ0n) is 12.0. The number of nitriles is 1. The number of hydrogen-bond acceptors (Lipinski definition) is 4. The molecular formula is C16H14N4OS. The van der Waals surface area contributed by atoms with Crippen LogP contribution in [0.25, 0.3) is 5.65 Å². The third-order valence-corrected chi connectivity index (χ3v) is 4.45. The first kappa shape index (κ1) is 14.4. The summed E-state index contributed by atoms with van der Waals surface area (Å²) >= 11 is 1.70. The molecule has 0 aliphatic rings. The van der Waals surface area contributed by atoms with Gasteiger partial charge in [-0.25, -0.2) is 9.50 Å². The average molecular weight is 310 g/mol. The van der Waals surface area contributed by atoms with Crippen molar-refractivity contribution < 1.29 is 0 Å². The Hall–Kier alpha value is -2.52. The Bertz CT molecular complexity index is 920. The molecule has 110 valence electrons. The zero-order valence-corrected chi connectivity index (χ0v) is 12.9. The molecule has 0 bridgehead atoms. The molecule has 1 aromatic carbocycles. The zero-order chi connectivity index (χ0) is 15.5. The highest BCUT2D eigenvalue weighted by Gasteiger charge is 2.08. The fraction of sp³-hybridized carbons (Fsp3) is 0.188. The molecule has 0 aliphatic carbocycles. The molecule has 0 fully saturated rings. The van der Waals surface area contributed by atoms with E-state index >= 15 is 0 Å². The summed E-state index contributed by atoms with van der Waals surface area (Å²) in [6.07, 6.45) is 1.49. The fourth-order valence-electron chi connectivity index (χ4n) is 2.22. The van der Waals surface area contributed by atoms with Gasteiger partial charge in [-0.15, -0.1) is 0 Å². The smallest absolute Gasteiger partial charge is 0.272 e. The number of aromatic amines is 1. The van der Waals surface area contributed by atoms with Gasteiger partial charge >= 0.3 is 0 Å². The summed E-state index contributed by atoms with van der Waals surface area (Å²) in [6.45, 7) is 2.09. The third kappa shape index (κ3) is 2.76. The molecule has 3 aromatic rings. The largest absolute Gasteiger partial charge is 0.295 e. The number of hydrogen-bond donors (Lipinski definition) is 1. The van der Waals surface area contributed by atoms with E-state index in [1.165, 1.54) is 27.9 Å². The maximum absolute atomic E-state index is 12.0. The van der Waals surface area contributed by atoms with Crippen LogP contribution in [-0.4, -0.2) is 14.6 Å². The quantitative estimate of drug-likeness (QED) is 0.804. The van der Waals surface area contributed by atoms with E-state index in [9.17, 15) is 4.79 Å². The van der Waals surface area contributed by atoms with Crippen LogP contribution in [0.3, 0.4) is 0 Å². The fourth-order valence-corrected chi connectivity index (χ4v) is 3.23. The van der Waals surface area contributed by atoms with Crippen LogP contribution in [0.5, 0.6) is 0 Å². The molecule has 6 heteroatoms. The number of aryl methyl sites for hydroxylation is 1. The first-order chi connectivity index (χ1) is 10.7. The summed E-state index contributed by atoms with van der Waals surface area (Å²) in [5.74, 6) is 1.50. The van der Waals surface area contributed by atoms with Gasteiger partial charge in [-0.2, -0.15) is 17.0 Å². The van der Waals surface area contributed by atoms with Crippen LogP contribution in [-0.2, 0) is 11.5 Å². The van der Waals surface area contributed by atoms with E-state index in [2.05, 4.69) is 29.1 Å². The maximum Gasteiger partial charge on any atom is 0.272 e. The average Bonchev–Trinajstić information content (AvgIpc) is 2.93. The Morgan fingerprint density at radius 1 is 1.36 bits per heavy atom. The predicted molar refractivity (Wildman–Crippen MR) is 86.7 cm³/mol. The minimum absolute atomic E-state index is 0.196. The van der Waals surface area contributed by atoms with Crippen molar-refractivity contribution >= 4 is 17.4 Å². The molecule has 2 aromatic heterocycles. The van der Waals surface area contributed by atoms with Crippen molar-refractivity contribution in [2.75, 3.05) is 0 Å². The lowest BCUT2D eigenvalue weighted by molar-refractivity contribution is 0.888. The number of benzene rings is 1. The molecule has 0 saturated heterocycles. The Morgan fingerprint density at radius 3 is 2.95 bits per heavy atom. The van der Waals surface area contributed by atoms with Gasteiger partial charge in [0.15, 0.2) is 5.65 Å². The highest BCUT2D eigenvalue weighted by molar-refractivity contribution is 7.97. The molecule has 0 atom stereocenters. The summed E-state index contributed by atoms with van der Waals surface area (Å²) < 4.78 is 1.29. The standard InChI is InChI=1S/C16H14N4OS/c1-11-4-2-3-5-12(11)9-22-10-14-6-15(21)20-16(19-14)13(7-17)8-18-20/h2-6,8,18H,9-10H2,1H3. The molecule has 0 spiro atoms. The number of rotatable bonds is 4. The minimum atomic E-state index is -0.196. The van der Waals surface area contributed by atoms with Crippen molar-refractivity contribution in [3.8, 4) is 6.07 Å². The Labute approximate surface area is 131 Å². The van der Waals surface area contributed by atoms with Gasteiger partial charge in [0, 0.05) is 23.8 Å². The summed E-state index contributed by atoms with van der Waals surface area (Å²) in [5.41, 5.74) is 3.81. The number of aromatic nitrogens is 3. The minimum Gasteiger partial charge on any atom is -0.295 e. The molecule has 3 rings (SSSR count). The lowest BCUT2D eigenvalue weighted by Crippen LogP contribution is -2.15. The molecule has 0 amide bonds. The van der Waals surface area contributed by atoms with Crippen molar-refractivity contribution in [2.45, 2.75) is 18.4 Å². The van der Waals surface area contributed by atoms with Gasteiger partial charge in [0.1, 0.15) is 11.6 Å². The number of nitrogens with one attached hydrogen (secondary N) is 1. The van der Waals surface area contributed by atoms with E-state index in [4.69, 9.17) is 5.26 Å². The SMILES string of the molecule is Cc1ccccc1CSCc1cc(=O)n2[nH]cc(C#N)c2n1. The summed E-state index contributed by atoms with van der Waals surface area (Å²) in [4.78, 5) is 16.4. The van der Waals surface area contributed by atoms with Crippen LogP contribution in [0.4, 0.5) is 0 Å². The van der Waals surface area contributed by atoms with Crippen molar-refractivity contribution in [3.63, 3.8) is 0 Å². The highest BCUT2D eigenvalue weighted by Crippen LogP contribution is 2.19. The van der Waals surface area contributed by atoms with E-state index in [0.717, 1.165) is 5.75 Å². The van der Waals surface area contributed by atoms with Crippen LogP contribution in [0.2, 0.25) is 0 Å². The van der Waals surface area contributed by atoms with E-state index < -0.39 is 0 Å². The van der Waals surface area contributed by atoms with Gasteiger partial charge in [0.25, 0.3) is 5.56 Å². The molecule has 0 unspecified atom stereocenters. The summed E-state index contributed by atoms with van der Waals surface area (Å²) in [7, 11) is 0. The lowest BCUT2D eigenvalue weighted by atomic mass is 10.1. The topological polar surface area (TPSA) is 73.9 Å². The monoisotopic (exact) mass is 310 g/mol. The molecule has 0 aliphatic heterocycles. The number of H-pyrrole nitrogens is 1. The first-order valence-corrected chi connectivity index (χ1v) is 7.97. The van der Waals surface area contributed by atoms with Gasteiger partial charge in [-0.3, -0.25) is 9.89 Å². The second kappa shape index (κ2) is 6.08. The third-order valence-electron chi connectivity index (χ3n) is 3.44. The van der Waals surface area contributed by atoms with Gasteiger partial charge in [0.05, 0.1) is 5.69 Å². The second-order valence-electron chi connectivity index (χ2n) is 4.96. The van der Waals surface area contributed by atoms with E-state index in [1.54, 1.807) is 11.8 Å². The second-order valence-corrected chi connectivity index (χ2v) is 5.95. The number of fused-ring (bicyclic) bond motifs is 1. The maximum atomic E-state index is 12.0. The van der Waals surface area contributed by atoms with E-state index in [1.807, 2.05) is 18.2 Å². The normalized spacial score (nSPS) is 10.7. The van der Waals surface area contributed by atoms with Crippen LogP contribution >= 0.6 is 11.8 Å². The lowest BCUT2D eigenvalue weighted by Gasteiger charge is -2.05. The van der Waals surface area contributed by atoms with E-state index in [0.29, 0.717) is 22.7 Å². The van der Waals surface area contributed by atoms with Crippen molar-refractivity contribution in [1.82, 2.24) is 14.6 Å². The van der Waals surface area contributed by atoms with Crippen molar-refractivity contribution in [3.05, 3.63) is 69.3 Å². The van der Waals surface area contributed by atoms with Crippen LogP contribution in [0, 0.1) is 18.3 Å². The molecular weight excluding hydrogens is 296 g/mol. The highest BCUT2D eigenvalue weighted by atomic mass is 32.2. The summed E-state index contributed by atoms with van der Waals surface area (Å²) in [6, 6.07) is 11.8. The van der Waals surface area contributed by atoms with Gasteiger partial charge in [-0.1, -0.05) is 24.3 Å². The van der Waals surface area contributed by atoms with Gasteiger partial charge in [-0.05, 0) is 18.1 Å². The van der Waals surface area contributed by atoms with Crippen molar-refractivity contribution in [2.24, 2.45) is 0 Å². The van der Waals surface area contributed by atoms with Crippen molar-refractivity contribution in [1.29, 1.82) is 5.26 Å². The first-order valence-electron chi connectivity index (χ1n) is 6.81. The Balaban J connectivity index is 1.79. The molecule has 5 nitrogen and oxygen atoms in total. The van der Waals surface area contributed by atoms with Crippen LogP contribution in [0.15, 0.2) is 41.3 Å². The Morgan fingerprint density at radius 2 is 2.18 bits per heavy atom. The predicted octanol–water partition coefficient (Wildman–Crippen LogP) is 2.64.